The summed E-state index contributed by atoms with van der Waals surface area (Å²) in [5.74, 6) is 0. The molecule has 4 nitrogen and oxygen atoms in total. The minimum atomic E-state index is 0.663. The number of aromatic nitrogens is 3. The molecule has 1 N–H and O–H groups in total. The molecular formula is C11H13ClN4S. The lowest BCUT2D eigenvalue weighted by Crippen LogP contribution is -2.15. The van der Waals surface area contributed by atoms with Crippen molar-refractivity contribution in [3.63, 3.8) is 0 Å². The number of nitrogens with one attached hydrogen (secondary N) is 1. The van der Waals surface area contributed by atoms with Crippen LogP contribution in [0.1, 0.15) is 23.5 Å². The van der Waals surface area contributed by atoms with Crippen LogP contribution in [-0.2, 0) is 13.1 Å². The molecule has 0 amide bonds. The van der Waals surface area contributed by atoms with Crippen molar-refractivity contribution >= 4 is 22.9 Å². The van der Waals surface area contributed by atoms with Crippen LogP contribution in [0, 0.1) is 0 Å². The zero-order valence-corrected chi connectivity index (χ0v) is 10.8. The molecule has 0 spiro atoms. The minimum Gasteiger partial charge on any atom is -0.308 e. The van der Waals surface area contributed by atoms with Crippen LogP contribution in [0.5, 0.6) is 0 Å². The fourth-order valence-corrected chi connectivity index (χ4v) is 2.50. The zero-order chi connectivity index (χ0) is 11.7. The van der Waals surface area contributed by atoms with E-state index >= 15 is 0 Å². The van der Waals surface area contributed by atoms with E-state index in [1.165, 1.54) is 12.8 Å². The Kier molecular flexibility index (Phi) is 3.13. The van der Waals surface area contributed by atoms with Gasteiger partial charge in [-0.05, 0) is 12.8 Å². The van der Waals surface area contributed by atoms with Gasteiger partial charge in [0, 0.05) is 24.2 Å². The largest absolute Gasteiger partial charge is 0.308 e. The Morgan fingerprint density at radius 3 is 3.12 bits per heavy atom. The lowest BCUT2D eigenvalue weighted by Gasteiger charge is -1.98. The number of nitrogens with zero attached hydrogens (tertiary/aromatic N) is 3. The van der Waals surface area contributed by atoms with Gasteiger partial charge < -0.3 is 5.32 Å². The van der Waals surface area contributed by atoms with Gasteiger partial charge in [0.1, 0.15) is 5.01 Å². The fourth-order valence-electron chi connectivity index (χ4n) is 1.61. The molecule has 0 aliphatic heterocycles. The summed E-state index contributed by atoms with van der Waals surface area (Å²) >= 11 is 7.51. The first-order valence-corrected chi connectivity index (χ1v) is 6.90. The highest BCUT2D eigenvalue weighted by atomic mass is 35.5. The van der Waals surface area contributed by atoms with E-state index in [1.54, 1.807) is 22.2 Å². The second kappa shape index (κ2) is 4.76. The third-order valence-corrected chi connectivity index (χ3v) is 3.74. The van der Waals surface area contributed by atoms with Crippen LogP contribution in [0.3, 0.4) is 0 Å². The summed E-state index contributed by atoms with van der Waals surface area (Å²) < 4.78 is 1.80. The van der Waals surface area contributed by atoms with E-state index in [1.807, 2.05) is 6.20 Å². The molecule has 1 aliphatic carbocycles. The van der Waals surface area contributed by atoms with Crippen LogP contribution in [-0.4, -0.2) is 20.8 Å². The van der Waals surface area contributed by atoms with Gasteiger partial charge in [-0.15, -0.1) is 11.3 Å². The lowest BCUT2D eigenvalue weighted by molar-refractivity contribution is 0.660. The molecule has 0 saturated heterocycles. The van der Waals surface area contributed by atoms with Crippen LogP contribution in [0.4, 0.5) is 0 Å². The maximum atomic E-state index is 5.81. The second-order valence-corrected chi connectivity index (χ2v) is 5.62. The maximum absolute atomic E-state index is 5.81. The fraction of sp³-hybridized carbons (Fsp3) is 0.455. The zero-order valence-electron chi connectivity index (χ0n) is 9.27. The normalized spacial score (nSPS) is 15.4. The first-order chi connectivity index (χ1) is 8.29. The van der Waals surface area contributed by atoms with Gasteiger partial charge in [0.15, 0.2) is 0 Å². The number of rotatable bonds is 5. The summed E-state index contributed by atoms with van der Waals surface area (Å²) in [6, 6.07) is 0.729. The van der Waals surface area contributed by atoms with Crippen LogP contribution in [0.2, 0.25) is 5.02 Å². The van der Waals surface area contributed by atoms with Gasteiger partial charge in [0.2, 0.25) is 0 Å². The number of thiazole rings is 1. The lowest BCUT2D eigenvalue weighted by atomic mass is 10.5. The van der Waals surface area contributed by atoms with Gasteiger partial charge in [0.25, 0.3) is 0 Å². The van der Waals surface area contributed by atoms with Crippen molar-refractivity contribution in [2.45, 2.75) is 32.0 Å². The topological polar surface area (TPSA) is 42.7 Å². The summed E-state index contributed by atoms with van der Waals surface area (Å²) in [5.41, 5.74) is 1.04. The molecule has 0 bridgehead atoms. The molecule has 90 valence electrons. The van der Waals surface area contributed by atoms with Gasteiger partial charge >= 0.3 is 0 Å². The third kappa shape index (κ3) is 3.06. The smallest absolute Gasteiger partial charge is 0.107 e. The van der Waals surface area contributed by atoms with E-state index in [4.69, 9.17) is 11.6 Å². The average Bonchev–Trinajstić information content (AvgIpc) is 2.90. The Hall–Kier alpha value is -0.910. The molecule has 0 aromatic carbocycles. The van der Waals surface area contributed by atoms with Crippen molar-refractivity contribution in [1.82, 2.24) is 20.1 Å². The predicted octanol–water partition coefficient (Wildman–Crippen LogP) is 2.29. The van der Waals surface area contributed by atoms with Crippen LogP contribution >= 0.6 is 22.9 Å². The summed E-state index contributed by atoms with van der Waals surface area (Å²) in [6.45, 7) is 1.57. The van der Waals surface area contributed by atoms with Gasteiger partial charge in [-0.25, -0.2) is 4.98 Å². The molecular weight excluding hydrogens is 256 g/mol. The molecule has 0 atom stereocenters. The molecule has 1 saturated carbocycles. The first kappa shape index (κ1) is 11.2. The Balaban J connectivity index is 1.59. The Morgan fingerprint density at radius 1 is 1.53 bits per heavy atom. The molecule has 2 heterocycles. The van der Waals surface area contributed by atoms with E-state index in [2.05, 4.69) is 20.8 Å². The Morgan fingerprint density at radius 2 is 2.41 bits per heavy atom. The molecule has 2 aromatic heterocycles. The molecule has 0 unspecified atom stereocenters. The molecule has 0 radical (unpaired) electrons. The van der Waals surface area contributed by atoms with E-state index in [-0.39, 0.29) is 0 Å². The van der Waals surface area contributed by atoms with Gasteiger partial charge in [0.05, 0.1) is 23.5 Å². The average molecular weight is 269 g/mol. The molecule has 1 aliphatic rings. The second-order valence-electron chi connectivity index (χ2n) is 4.24. The van der Waals surface area contributed by atoms with Crippen molar-refractivity contribution in [3.05, 3.63) is 33.5 Å². The van der Waals surface area contributed by atoms with Crippen LogP contribution < -0.4 is 5.32 Å². The monoisotopic (exact) mass is 268 g/mol. The van der Waals surface area contributed by atoms with E-state index in [9.17, 15) is 0 Å². The molecule has 6 heteroatoms. The summed E-state index contributed by atoms with van der Waals surface area (Å²) in [5, 5.41) is 11.5. The summed E-state index contributed by atoms with van der Waals surface area (Å²) in [4.78, 5) is 4.57. The van der Waals surface area contributed by atoms with E-state index in [0.717, 1.165) is 23.3 Å². The molecule has 1 fully saturated rings. The van der Waals surface area contributed by atoms with Crippen molar-refractivity contribution < 1.29 is 0 Å². The first-order valence-electron chi connectivity index (χ1n) is 5.64. The van der Waals surface area contributed by atoms with Crippen molar-refractivity contribution in [2.75, 3.05) is 0 Å². The summed E-state index contributed by atoms with van der Waals surface area (Å²) in [6.07, 6.45) is 6.07. The van der Waals surface area contributed by atoms with Crippen molar-refractivity contribution in [3.8, 4) is 0 Å². The molecule has 2 aromatic rings. The van der Waals surface area contributed by atoms with E-state index < -0.39 is 0 Å². The van der Waals surface area contributed by atoms with Gasteiger partial charge in [-0.2, -0.15) is 5.10 Å². The molecule has 3 rings (SSSR count). The predicted molar refractivity (Wildman–Crippen MR) is 68.3 cm³/mol. The van der Waals surface area contributed by atoms with Crippen molar-refractivity contribution in [1.29, 1.82) is 0 Å². The Labute approximate surface area is 109 Å². The highest BCUT2D eigenvalue weighted by molar-refractivity contribution is 7.09. The van der Waals surface area contributed by atoms with Crippen molar-refractivity contribution in [2.24, 2.45) is 0 Å². The van der Waals surface area contributed by atoms with Crippen LogP contribution in [0.25, 0.3) is 0 Å². The van der Waals surface area contributed by atoms with E-state index in [0.29, 0.717) is 11.6 Å². The van der Waals surface area contributed by atoms with Gasteiger partial charge in [-0.3, -0.25) is 4.68 Å². The summed E-state index contributed by atoms with van der Waals surface area (Å²) in [7, 11) is 0. The number of hydrogen-bond donors (Lipinski definition) is 1. The Bertz CT molecular complexity index is 503. The molecule has 17 heavy (non-hydrogen) atoms. The highest BCUT2D eigenvalue weighted by Gasteiger charge is 2.20. The number of halogens is 1. The number of hydrogen-bond acceptors (Lipinski definition) is 4. The highest BCUT2D eigenvalue weighted by Crippen LogP contribution is 2.20. The standard InChI is InChI=1S/C11H13ClN4S/c12-8-3-14-16(5-8)6-10-7-17-11(15-10)4-13-9-1-2-9/h3,5,7,9,13H,1-2,4,6H2. The van der Waals surface area contributed by atoms with Crippen LogP contribution in [0.15, 0.2) is 17.8 Å². The maximum Gasteiger partial charge on any atom is 0.107 e. The third-order valence-electron chi connectivity index (χ3n) is 2.64. The quantitative estimate of drug-likeness (QED) is 0.905. The SMILES string of the molecule is Clc1cnn(Cc2csc(CNC3CC3)n2)c1. The van der Waals surface area contributed by atoms with Gasteiger partial charge in [-0.1, -0.05) is 11.6 Å². The minimum absolute atomic E-state index is 0.663.